The fourth-order valence-corrected chi connectivity index (χ4v) is 4.28. The minimum Gasteiger partial charge on any atom is -0.480 e. The number of benzene rings is 1. The first-order valence-corrected chi connectivity index (χ1v) is 8.21. The fraction of sp³-hybridized carbons (Fsp3) is 0.333. The molecule has 2 saturated heterocycles. The summed E-state index contributed by atoms with van der Waals surface area (Å²) in [7, 11) is 0. The molecule has 3 atom stereocenters. The van der Waals surface area contributed by atoms with Crippen LogP contribution in [0.3, 0.4) is 0 Å². The summed E-state index contributed by atoms with van der Waals surface area (Å²) < 4.78 is 0. The predicted octanol–water partition coefficient (Wildman–Crippen LogP) is -0.220. The number of carbonyl (C=O) groups excluding carboxylic acids is 2. The Kier molecular flexibility index (Phi) is 4.18. The minimum atomic E-state index is -1.08. The van der Waals surface area contributed by atoms with Crippen molar-refractivity contribution in [1.29, 1.82) is 0 Å². The van der Waals surface area contributed by atoms with E-state index in [1.165, 1.54) is 28.8 Å². The number of nitrogens with zero attached hydrogens (tertiary/aromatic N) is 1. The number of hydrogen-bond acceptors (Lipinski definition) is 5. The van der Waals surface area contributed by atoms with E-state index in [2.05, 4.69) is 5.32 Å². The van der Waals surface area contributed by atoms with Gasteiger partial charge >= 0.3 is 11.9 Å². The summed E-state index contributed by atoms with van der Waals surface area (Å²) in [4.78, 5) is 47.4. The topological polar surface area (TPSA) is 124 Å². The Balaban J connectivity index is 1.61. The number of rotatable bonds is 5. The molecule has 1 aromatic carbocycles. The van der Waals surface area contributed by atoms with Crippen LogP contribution in [-0.4, -0.2) is 62.1 Å². The van der Waals surface area contributed by atoms with Gasteiger partial charge in [-0.3, -0.25) is 9.59 Å². The predicted molar refractivity (Wildman–Crippen MR) is 83.6 cm³/mol. The van der Waals surface area contributed by atoms with E-state index < -0.39 is 35.8 Å². The van der Waals surface area contributed by atoms with Crippen molar-refractivity contribution in [3.8, 4) is 0 Å². The van der Waals surface area contributed by atoms with Crippen molar-refractivity contribution in [2.24, 2.45) is 0 Å². The molecule has 2 unspecified atom stereocenters. The van der Waals surface area contributed by atoms with E-state index in [-0.39, 0.29) is 17.4 Å². The number of aromatic carboxylic acids is 1. The third kappa shape index (κ3) is 2.82. The highest BCUT2D eigenvalue weighted by Gasteiger charge is 2.57. The van der Waals surface area contributed by atoms with E-state index in [0.29, 0.717) is 11.3 Å². The van der Waals surface area contributed by atoms with E-state index in [9.17, 15) is 19.2 Å². The fourth-order valence-electron chi connectivity index (χ4n) is 2.81. The summed E-state index contributed by atoms with van der Waals surface area (Å²) in [6.07, 6.45) is -0.0509. The van der Waals surface area contributed by atoms with Crippen LogP contribution in [0.5, 0.6) is 0 Å². The maximum atomic E-state index is 12.1. The monoisotopic (exact) mass is 350 g/mol. The molecular formula is C15H14N2O6S. The summed E-state index contributed by atoms with van der Waals surface area (Å²) in [6.45, 7) is 0. The molecule has 0 saturated carbocycles. The number of amides is 2. The van der Waals surface area contributed by atoms with Gasteiger partial charge in [-0.2, -0.15) is 0 Å². The van der Waals surface area contributed by atoms with Gasteiger partial charge in [-0.05, 0) is 17.7 Å². The first-order valence-electron chi connectivity index (χ1n) is 7.16. The van der Waals surface area contributed by atoms with Gasteiger partial charge in [0.2, 0.25) is 11.8 Å². The summed E-state index contributed by atoms with van der Waals surface area (Å²) in [5.74, 6) is -2.63. The van der Waals surface area contributed by atoms with E-state index >= 15 is 0 Å². The Hall–Kier alpha value is -2.55. The minimum absolute atomic E-state index is 0.0509. The first kappa shape index (κ1) is 16.3. The molecule has 8 nitrogen and oxygen atoms in total. The zero-order valence-electron chi connectivity index (χ0n) is 12.3. The van der Waals surface area contributed by atoms with Crippen molar-refractivity contribution in [2.45, 2.75) is 23.9 Å². The molecule has 0 aliphatic carbocycles. The van der Waals surface area contributed by atoms with Crippen LogP contribution in [0.2, 0.25) is 0 Å². The second kappa shape index (κ2) is 6.16. The highest BCUT2D eigenvalue weighted by atomic mass is 32.2. The summed E-state index contributed by atoms with van der Waals surface area (Å²) >= 11 is 1.33. The molecule has 1 aromatic rings. The molecule has 3 N–H and O–H groups in total. The number of thioether (sulfide) groups is 1. The number of carboxylic acids is 2. The van der Waals surface area contributed by atoms with Gasteiger partial charge in [0.05, 0.1) is 12.0 Å². The Morgan fingerprint density at radius 3 is 2.71 bits per heavy atom. The van der Waals surface area contributed by atoms with Crippen molar-refractivity contribution in [3.63, 3.8) is 0 Å². The van der Waals surface area contributed by atoms with Crippen LogP contribution in [0.4, 0.5) is 0 Å². The average Bonchev–Trinajstić information content (AvgIpc) is 2.93. The van der Waals surface area contributed by atoms with E-state index in [1.807, 2.05) is 0 Å². The maximum absolute atomic E-state index is 12.1. The molecule has 9 heteroatoms. The number of carbonyl (C=O) groups is 4. The van der Waals surface area contributed by atoms with E-state index in [1.54, 1.807) is 12.1 Å². The third-order valence-electron chi connectivity index (χ3n) is 3.98. The van der Waals surface area contributed by atoms with Crippen molar-refractivity contribution in [3.05, 3.63) is 35.4 Å². The number of hydrogen-bond donors (Lipinski definition) is 3. The molecule has 0 bridgehead atoms. The van der Waals surface area contributed by atoms with Crippen LogP contribution in [0.1, 0.15) is 15.9 Å². The molecule has 24 heavy (non-hydrogen) atoms. The second-order valence-corrected chi connectivity index (χ2v) is 6.70. The molecule has 0 aromatic heterocycles. The molecule has 2 fully saturated rings. The largest absolute Gasteiger partial charge is 0.480 e. The summed E-state index contributed by atoms with van der Waals surface area (Å²) in [5, 5.41) is 20.2. The lowest BCUT2D eigenvalue weighted by Gasteiger charge is -2.43. The van der Waals surface area contributed by atoms with Crippen LogP contribution >= 0.6 is 11.8 Å². The zero-order valence-corrected chi connectivity index (χ0v) is 13.2. The summed E-state index contributed by atoms with van der Waals surface area (Å²) in [6, 6.07) is 4.44. The van der Waals surface area contributed by atoms with E-state index in [0.717, 1.165) is 0 Å². The lowest BCUT2D eigenvalue weighted by Crippen LogP contribution is -2.70. The lowest BCUT2D eigenvalue weighted by atomic mass is 10.0. The second-order valence-electron chi connectivity index (χ2n) is 5.55. The smallest absolute Gasteiger partial charge is 0.335 e. The number of aliphatic carboxylic acids is 1. The molecule has 3 rings (SSSR count). The molecule has 2 amide bonds. The molecule has 2 aliphatic rings. The van der Waals surface area contributed by atoms with Gasteiger partial charge in [0, 0.05) is 5.75 Å². The van der Waals surface area contributed by atoms with E-state index in [4.69, 9.17) is 10.2 Å². The van der Waals surface area contributed by atoms with Crippen molar-refractivity contribution in [1.82, 2.24) is 10.2 Å². The van der Waals surface area contributed by atoms with Gasteiger partial charge < -0.3 is 20.4 Å². The van der Waals surface area contributed by atoms with Gasteiger partial charge in [-0.1, -0.05) is 12.1 Å². The van der Waals surface area contributed by atoms with Gasteiger partial charge in [0.15, 0.2) is 0 Å². The quantitative estimate of drug-likeness (QED) is 0.627. The first-order chi connectivity index (χ1) is 11.4. The Morgan fingerprint density at radius 2 is 2.04 bits per heavy atom. The van der Waals surface area contributed by atoms with Crippen LogP contribution in [0.15, 0.2) is 24.3 Å². The molecule has 2 aliphatic heterocycles. The van der Waals surface area contributed by atoms with Crippen molar-refractivity contribution < 1.29 is 29.4 Å². The molecule has 126 valence electrons. The number of nitrogens with one attached hydrogen (secondary N) is 1. The van der Waals surface area contributed by atoms with Gasteiger partial charge in [-0.25, -0.2) is 9.59 Å². The van der Waals surface area contributed by atoms with Crippen LogP contribution in [0, 0.1) is 0 Å². The Bertz CT molecular complexity index is 736. The normalized spacial score (nSPS) is 24.9. The zero-order chi connectivity index (χ0) is 17.4. The Labute approximate surface area is 140 Å². The number of β-lactam (4-membered cyclic amide) rings is 1. The number of fused-ring (bicyclic) bond motifs is 1. The standard InChI is InChI=1S/C15H14N2O6S/c18-10(5-7-2-1-3-8(4-7)14(20)21)16-11-12(19)17-9(15(22)23)6-24-13(11)17/h1-4,9,11,13H,5-6H2,(H,16,18)(H,20,21)(H,22,23)/t9?,11?,13-/m0/s1. The van der Waals surface area contributed by atoms with Gasteiger partial charge in [-0.15, -0.1) is 11.8 Å². The average molecular weight is 350 g/mol. The molecule has 2 heterocycles. The maximum Gasteiger partial charge on any atom is 0.335 e. The van der Waals surface area contributed by atoms with Gasteiger partial charge in [0.25, 0.3) is 0 Å². The van der Waals surface area contributed by atoms with Gasteiger partial charge in [0.1, 0.15) is 17.5 Å². The molecule has 0 spiro atoms. The SMILES string of the molecule is O=C(Cc1cccc(C(=O)O)c1)NC1C(=O)N2C(C(=O)O)CS[C@@H]12. The molecular weight excluding hydrogens is 336 g/mol. The van der Waals surface area contributed by atoms with Crippen LogP contribution in [0.25, 0.3) is 0 Å². The van der Waals surface area contributed by atoms with Crippen molar-refractivity contribution in [2.75, 3.05) is 5.75 Å². The van der Waals surface area contributed by atoms with Crippen LogP contribution < -0.4 is 5.32 Å². The highest BCUT2D eigenvalue weighted by molar-refractivity contribution is 8.00. The van der Waals surface area contributed by atoms with Crippen LogP contribution in [-0.2, 0) is 20.8 Å². The van der Waals surface area contributed by atoms with Crippen molar-refractivity contribution >= 4 is 35.5 Å². The lowest BCUT2D eigenvalue weighted by molar-refractivity contribution is -0.159. The molecule has 0 radical (unpaired) electrons. The third-order valence-corrected chi connectivity index (χ3v) is 5.33. The highest BCUT2D eigenvalue weighted by Crippen LogP contribution is 2.39. The summed E-state index contributed by atoms with van der Waals surface area (Å²) in [5.41, 5.74) is 0.611. The Morgan fingerprint density at radius 1 is 1.29 bits per heavy atom. The number of carboxylic acid groups (broad SMARTS) is 2.